The summed E-state index contributed by atoms with van der Waals surface area (Å²) in [7, 11) is 0. The minimum Gasteiger partial charge on any atom is -0.489 e. The van der Waals surface area contributed by atoms with Crippen LogP contribution >= 0.6 is 0 Å². The van der Waals surface area contributed by atoms with E-state index in [0.717, 1.165) is 17.7 Å². The van der Waals surface area contributed by atoms with Crippen LogP contribution in [0.3, 0.4) is 0 Å². The van der Waals surface area contributed by atoms with Crippen molar-refractivity contribution < 1.29 is 9.53 Å². The maximum atomic E-state index is 11.1. The van der Waals surface area contributed by atoms with E-state index in [2.05, 4.69) is 34.9 Å². The molecule has 0 spiro atoms. The molecule has 2 aromatic carbocycles. The van der Waals surface area contributed by atoms with Crippen LogP contribution in [0.1, 0.15) is 11.1 Å². The number of carbonyl (C=O) groups is 1. The number of hydrogen-bond donors (Lipinski definition) is 2. The Hall–Kier alpha value is -2.33. The van der Waals surface area contributed by atoms with E-state index in [1.54, 1.807) is 0 Å². The quantitative estimate of drug-likeness (QED) is 0.886. The summed E-state index contributed by atoms with van der Waals surface area (Å²) in [6, 6.07) is 18.6. The van der Waals surface area contributed by atoms with Crippen molar-refractivity contribution in [3.05, 3.63) is 65.7 Å². The van der Waals surface area contributed by atoms with E-state index in [-0.39, 0.29) is 11.9 Å². The highest BCUT2D eigenvalue weighted by molar-refractivity contribution is 5.78. The van der Waals surface area contributed by atoms with Crippen molar-refractivity contribution in [2.45, 2.75) is 19.1 Å². The van der Waals surface area contributed by atoms with Gasteiger partial charge in [0.2, 0.25) is 5.91 Å². The molecule has 0 saturated carbocycles. The first-order valence-electron chi connectivity index (χ1n) is 7.55. The van der Waals surface area contributed by atoms with Gasteiger partial charge in [0, 0.05) is 12.6 Å². The van der Waals surface area contributed by atoms with Crippen LogP contribution < -0.4 is 15.4 Å². The molecule has 1 aliphatic heterocycles. The van der Waals surface area contributed by atoms with E-state index in [0.29, 0.717) is 19.7 Å². The second-order valence-corrected chi connectivity index (χ2v) is 5.51. The monoisotopic (exact) mass is 296 g/mol. The summed E-state index contributed by atoms with van der Waals surface area (Å²) >= 11 is 0. The van der Waals surface area contributed by atoms with Gasteiger partial charge in [0.15, 0.2) is 0 Å². The van der Waals surface area contributed by atoms with E-state index < -0.39 is 0 Å². The van der Waals surface area contributed by atoms with Crippen LogP contribution in [0.2, 0.25) is 0 Å². The van der Waals surface area contributed by atoms with Crippen molar-refractivity contribution in [3.63, 3.8) is 0 Å². The van der Waals surface area contributed by atoms with Crippen molar-refractivity contribution in [2.75, 3.05) is 13.1 Å². The van der Waals surface area contributed by atoms with Crippen LogP contribution in [0.4, 0.5) is 0 Å². The Balaban J connectivity index is 1.56. The van der Waals surface area contributed by atoms with Gasteiger partial charge in [0.1, 0.15) is 12.4 Å². The first kappa shape index (κ1) is 14.6. The van der Waals surface area contributed by atoms with Crippen LogP contribution in [0, 0.1) is 0 Å². The first-order valence-corrected chi connectivity index (χ1v) is 7.55. The second-order valence-electron chi connectivity index (χ2n) is 5.51. The summed E-state index contributed by atoms with van der Waals surface area (Å²) in [6.45, 7) is 1.64. The Morgan fingerprint density at radius 1 is 1.05 bits per heavy atom. The Labute approximate surface area is 130 Å². The molecule has 1 fully saturated rings. The fraction of sp³-hybridized carbons (Fsp3) is 0.278. The van der Waals surface area contributed by atoms with Gasteiger partial charge in [-0.3, -0.25) is 4.79 Å². The van der Waals surface area contributed by atoms with Crippen molar-refractivity contribution in [3.8, 4) is 5.75 Å². The molecule has 22 heavy (non-hydrogen) atoms. The van der Waals surface area contributed by atoms with Crippen molar-refractivity contribution >= 4 is 5.91 Å². The topological polar surface area (TPSA) is 50.4 Å². The number of hydrogen-bond acceptors (Lipinski definition) is 3. The third-order valence-electron chi connectivity index (χ3n) is 3.73. The molecule has 1 atom stereocenters. The molecule has 0 aromatic heterocycles. The Morgan fingerprint density at radius 2 is 1.86 bits per heavy atom. The van der Waals surface area contributed by atoms with Gasteiger partial charge in [-0.1, -0.05) is 42.5 Å². The lowest BCUT2D eigenvalue weighted by Crippen LogP contribution is -2.52. The lowest BCUT2D eigenvalue weighted by molar-refractivity contribution is -0.121. The predicted molar refractivity (Wildman–Crippen MR) is 85.7 cm³/mol. The highest BCUT2D eigenvalue weighted by Crippen LogP contribution is 2.16. The van der Waals surface area contributed by atoms with Crippen molar-refractivity contribution in [1.29, 1.82) is 0 Å². The molecule has 4 heteroatoms. The Kier molecular flexibility index (Phi) is 4.71. The number of carbonyl (C=O) groups excluding carboxylic acids is 1. The average molecular weight is 296 g/mol. The van der Waals surface area contributed by atoms with Gasteiger partial charge >= 0.3 is 0 Å². The van der Waals surface area contributed by atoms with Gasteiger partial charge in [-0.2, -0.15) is 0 Å². The normalized spacial score (nSPS) is 17.8. The SMILES string of the molecule is O=C1CNC(Cc2cccc(OCc3ccccc3)c2)CN1. The zero-order valence-corrected chi connectivity index (χ0v) is 12.4. The molecule has 0 radical (unpaired) electrons. The molecular weight excluding hydrogens is 276 g/mol. The summed E-state index contributed by atoms with van der Waals surface area (Å²) in [5, 5.41) is 6.12. The number of rotatable bonds is 5. The van der Waals surface area contributed by atoms with Gasteiger partial charge in [-0.05, 0) is 29.7 Å². The van der Waals surface area contributed by atoms with Gasteiger partial charge in [-0.15, -0.1) is 0 Å². The predicted octanol–water partition coefficient (Wildman–Crippen LogP) is 1.90. The molecule has 114 valence electrons. The fourth-order valence-electron chi connectivity index (χ4n) is 2.54. The van der Waals surface area contributed by atoms with Crippen LogP contribution in [0.15, 0.2) is 54.6 Å². The maximum absolute atomic E-state index is 11.1. The number of piperazine rings is 1. The molecule has 1 amide bonds. The highest BCUT2D eigenvalue weighted by Gasteiger charge is 2.17. The smallest absolute Gasteiger partial charge is 0.234 e. The summed E-state index contributed by atoms with van der Waals surface area (Å²) in [5.41, 5.74) is 2.36. The Bertz CT molecular complexity index is 618. The number of benzene rings is 2. The van der Waals surface area contributed by atoms with Gasteiger partial charge < -0.3 is 15.4 Å². The molecule has 1 unspecified atom stereocenters. The standard InChI is InChI=1S/C18H20N2O2/c21-18-12-19-16(11-20-18)9-15-7-4-8-17(10-15)22-13-14-5-2-1-3-6-14/h1-8,10,16,19H,9,11-13H2,(H,20,21). The van der Waals surface area contributed by atoms with Gasteiger partial charge in [-0.25, -0.2) is 0 Å². The highest BCUT2D eigenvalue weighted by atomic mass is 16.5. The van der Waals surface area contributed by atoms with Gasteiger partial charge in [0.25, 0.3) is 0 Å². The second kappa shape index (κ2) is 7.09. The van der Waals surface area contributed by atoms with Gasteiger partial charge in [0.05, 0.1) is 6.54 Å². The molecule has 1 aliphatic rings. The van der Waals surface area contributed by atoms with E-state index in [1.807, 2.05) is 30.3 Å². The van der Waals surface area contributed by atoms with Crippen molar-refractivity contribution in [2.24, 2.45) is 0 Å². The number of ether oxygens (including phenoxy) is 1. The summed E-state index contributed by atoms with van der Waals surface area (Å²) in [6.07, 6.45) is 0.878. The maximum Gasteiger partial charge on any atom is 0.234 e. The molecular formula is C18H20N2O2. The van der Waals surface area contributed by atoms with E-state index >= 15 is 0 Å². The minimum atomic E-state index is 0.0659. The summed E-state index contributed by atoms with van der Waals surface area (Å²) in [4.78, 5) is 11.1. The van der Waals surface area contributed by atoms with Crippen LogP contribution in [-0.2, 0) is 17.8 Å². The average Bonchev–Trinajstić information content (AvgIpc) is 2.57. The number of amides is 1. The van der Waals surface area contributed by atoms with Crippen LogP contribution in [0.25, 0.3) is 0 Å². The van der Waals surface area contributed by atoms with E-state index in [1.165, 1.54) is 5.56 Å². The fourth-order valence-corrected chi connectivity index (χ4v) is 2.54. The molecule has 2 aromatic rings. The largest absolute Gasteiger partial charge is 0.489 e. The lowest BCUT2D eigenvalue weighted by Gasteiger charge is -2.24. The van der Waals surface area contributed by atoms with Crippen LogP contribution in [-0.4, -0.2) is 25.0 Å². The van der Waals surface area contributed by atoms with E-state index in [4.69, 9.17) is 4.74 Å². The zero-order valence-electron chi connectivity index (χ0n) is 12.4. The Morgan fingerprint density at radius 3 is 2.64 bits per heavy atom. The molecule has 2 N–H and O–H groups in total. The first-order chi connectivity index (χ1) is 10.8. The molecule has 3 rings (SSSR count). The van der Waals surface area contributed by atoms with Crippen LogP contribution in [0.5, 0.6) is 5.75 Å². The minimum absolute atomic E-state index is 0.0659. The lowest BCUT2D eigenvalue weighted by atomic mass is 10.0. The molecule has 0 aliphatic carbocycles. The van der Waals surface area contributed by atoms with Crippen molar-refractivity contribution in [1.82, 2.24) is 10.6 Å². The molecule has 1 heterocycles. The summed E-state index contributed by atoms with van der Waals surface area (Å²) < 4.78 is 5.85. The van der Waals surface area contributed by atoms with E-state index in [9.17, 15) is 4.79 Å². The number of nitrogens with one attached hydrogen (secondary N) is 2. The molecule has 1 saturated heterocycles. The molecule has 0 bridgehead atoms. The molecule has 4 nitrogen and oxygen atoms in total. The third kappa shape index (κ3) is 4.09. The third-order valence-corrected chi connectivity index (χ3v) is 3.73. The summed E-state index contributed by atoms with van der Waals surface area (Å²) in [5.74, 6) is 0.942. The zero-order chi connectivity index (χ0) is 15.2.